The number of carbonyl (C=O) groups is 1. The number of likely N-dealkylation sites (tertiary alicyclic amines) is 1. The number of ether oxygens (including phenoxy) is 1. The van der Waals surface area contributed by atoms with E-state index in [4.69, 9.17) is 10.5 Å². The van der Waals surface area contributed by atoms with E-state index in [2.05, 4.69) is 17.1 Å². The van der Waals surface area contributed by atoms with Gasteiger partial charge in [0.05, 0.1) is 13.2 Å². The maximum absolute atomic E-state index is 11.9. The first kappa shape index (κ1) is 15.4. The lowest BCUT2D eigenvalue weighted by molar-refractivity contribution is -0.124. The number of nitrogens with zero attached hydrogens (tertiary/aromatic N) is 1. The summed E-state index contributed by atoms with van der Waals surface area (Å²) in [5.41, 5.74) is 5.79. The van der Waals surface area contributed by atoms with Crippen LogP contribution < -0.4 is 11.1 Å². The minimum absolute atomic E-state index is 0.0579. The third-order valence-corrected chi connectivity index (χ3v) is 3.54. The molecule has 1 rings (SSSR count). The van der Waals surface area contributed by atoms with Crippen LogP contribution in [0.1, 0.15) is 26.7 Å². The monoisotopic (exact) mass is 257 g/mol. The van der Waals surface area contributed by atoms with Crippen molar-refractivity contribution < 1.29 is 9.53 Å². The van der Waals surface area contributed by atoms with E-state index in [0.29, 0.717) is 31.7 Å². The van der Waals surface area contributed by atoms with Gasteiger partial charge in [-0.1, -0.05) is 6.92 Å². The van der Waals surface area contributed by atoms with Crippen LogP contribution >= 0.6 is 0 Å². The molecule has 0 aromatic rings. The van der Waals surface area contributed by atoms with E-state index in [0.717, 1.165) is 19.4 Å². The largest absolute Gasteiger partial charge is 0.383 e. The average molecular weight is 257 g/mol. The van der Waals surface area contributed by atoms with Crippen molar-refractivity contribution in [2.75, 3.05) is 33.4 Å². The van der Waals surface area contributed by atoms with E-state index >= 15 is 0 Å². The van der Waals surface area contributed by atoms with Gasteiger partial charge < -0.3 is 15.8 Å². The zero-order valence-corrected chi connectivity index (χ0v) is 11.8. The summed E-state index contributed by atoms with van der Waals surface area (Å²) >= 11 is 0. The predicted octanol–water partition coefficient (Wildman–Crippen LogP) is 0.197. The van der Waals surface area contributed by atoms with Gasteiger partial charge in [-0.05, 0) is 32.2 Å². The van der Waals surface area contributed by atoms with Gasteiger partial charge in [0.15, 0.2) is 0 Å². The number of hydrogen-bond acceptors (Lipinski definition) is 4. The number of nitrogens with two attached hydrogens (primary N) is 1. The maximum Gasteiger partial charge on any atom is 0.234 e. The number of amides is 1. The topological polar surface area (TPSA) is 67.6 Å². The molecule has 0 aliphatic carbocycles. The molecule has 5 nitrogen and oxygen atoms in total. The number of carbonyl (C=O) groups excluding carboxylic acids is 1. The molecular formula is C13H27N3O2. The van der Waals surface area contributed by atoms with Gasteiger partial charge in [0.1, 0.15) is 0 Å². The number of nitrogens with one attached hydrogen (secondary N) is 1. The van der Waals surface area contributed by atoms with E-state index in [9.17, 15) is 4.79 Å². The van der Waals surface area contributed by atoms with Crippen LogP contribution in [-0.2, 0) is 9.53 Å². The van der Waals surface area contributed by atoms with Gasteiger partial charge in [-0.25, -0.2) is 0 Å². The first-order chi connectivity index (χ1) is 8.56. The first-order valence-corrected chi connectivity index (χ1v) is 6.79. The van der Waals surface area contributed by atoms with Crippen LogP contribution in [0.25, 0.3) is 0 Å². The molecule has 0 bridgehead atoms. The third-order valence-electron chi connectivity index (χ3n) is 3.54. The summed E-state index contributed by atoms with van der Waals surface area (Å²) in [4.78, 5) is 14.1. The fraction of sp³-hybridized carbons (Fsp3) is 0.923. The van der Waals surface area contributed by atoms with Crippen molar-refractivity contribution in [2.45, 2.75) is 38.8 Å². The quantitative estimate of drug-likeness (QED) is 0.713. The zero-order chi connectivity index (χ0) is 13.5. The van der Waals surface area contributed by atoms with Crippen molar-refractivity contribution in [1.82, 2.24) is 10.2 Å². The van der Waals surface area contributed by atoms with Crippen LogP contribution in [0.2, 0.25) is 0 Å². The molecular weight excluding hydrogens is 230 g/mol. The SMILES string of the molecule is COCC(C)NC(=O)CN1CCC(C)CC1CN. The second-order valence-corrected chi connectivity index (χ2v) is 5.41. The Balaban J connectivity index is 2.38. The standard InChI is InChI=1S/C13H27N3O2/c1-10-4-5-16(12(6-10)7-14)8-13(17)15-11(2)9-18-3/h10-12H,4-9,14H2,1-3H3,(H,15,17). The van der Waals surface area contributed by atoms with Gasteiger partial charge in [-0.3, -0.25) is 9.69 Å². The molecule has 1 aliphatic rings. The molecule has 0 saturated carbocycles. The summed E-state index contributed by atoms with van der Waals surface area (Å²) in [7, 11) is 1.64. The Kier molecular flexibility index (Phi) is 6.60. The second-order valence-electron chi connectivity index (χ2n) is 5.41. The van der Waals surface area contributed by atoms with Crippen LogP contribution in [0.15, 0.2) is 0 Å². The van der Waals surface area contributed by atoms with E-state index in [1.807, 2.05) is 6.92 Å². The van der Waals surface area contributed by atoms with Crippen LogP contribution in [0.3, 0.4) is 0 Å². The van der Waals surface area contributed by atoms with Crippen LogP contribution in [-0.4, -0.2) is 56.2 Å². The molecule has 1 fully saturated rings. The van der Waals surface area contributed by atoms with Gasteiger partial charge in [0.2, 0.25) is 5.91 Å². The van der Waals surface area contributed by atoms with E-state index in [-0.39, 0.29) is 11.9 Å². The van der Waals surface area contributed by atoms with Crippen molar-refractivity contribution in [3.63, 3.8) is 0 Å². The number of methoxy groups -OCH3 is 1. The molecule has 3 atom stereocenters. The molecule has 0 aromatic carbocycles. The molecule has 1 heterocycles. The van der Waals surface area contributed by atoms with Gasteiger partial charge in [-0.2, -0.15) is 0 Å². The zero-order valence-electron chi connectivity index (χ0n) is 11.8. The smallest absolute Gasteiger partial charge is 0.234 e. The summed E-state index contributed by atoms with van der Waals surface area (Å²) in [5.74, 6) is 0.776. The summed E-state index contributed by atoms with van der Waals surface area (Å²) in [6.45, 7) is 6.78. The fourth-order valence-electron chi connectivity index (χ4n) is 2.55. The van der Waals surface area contributed by atoms with Crippen LogP contribution in [0, 0.1) is 5.92 Å². The highest BCUT2D eigenvalue weighted by Crippen LogP contribution is 2.21. The highest BCUT2D eigenvalue weighted by atomic mass is 16.5. The molecule has 1 amide bonds. The van der Waals surface area contributed by atoms with Crippen molar-refractivity contribution in [1.29, 1.82) is 0 Å². The molecule has 5 heteroatoms. The maximum atomic E-state index is 11.9. The first-order valence-electron chi connectivity index (χ1n) is 6.79. The highest BCUT2D eigenvalue weighted by Gasteiger charge is 2.26. The Bertz CT molecular complexity index is 261. The Morgan fingerprint density at radius 3 is 2.94 bits per heavy atom. The molecule has 18 heavy (non-hydrogen) atoms. The molecule has 1 saturated heterocycles. The van der Waals surface area contributed by atoms with Crippen LogP contribution in [0.5, 0.6) is 0 Å². The lowest BCUT2D eigenvalue weighted by Crippen LogP contribution is -2.51. The highest BCUT2D eigenvalue weighted by molar-refractivity contribution is 5.78. The summed E-state index contributed by atoms with van der Waals surface area (Å²) in [5, 5.41) is 2.94. The Labute approximate surface area is 110 Å². The molecule has 3 unspecified atom stereocenters. The molecule has 0 aromatic heterocycles. The lowest BCUT2D eigenvalue weighted by Gasteiger charge is -2.37. The van der Waals surface area contributed by atoms with Crippen molar-refractivity contribution in [2.24, 2.45) is 11.7 Å². The summed E-state index contributed by atoms with van der Waals surface area (Å²) in [6.07, 6.45) is 2.24. The van der Waals surface area contributed by atoms with Gasteiger partial charge in [0.25, 0.3) is 0 Å². The molecule has 0 spiro atoms. The van der Waals surface area contributed by atoms with Gasteiger partial charge in [0, 0.05) is 25.7 Å². The van der Waals surface area contributed by atoms with Crippen molar-refractivity contribution in [3.05, 3.63) is 0 Å². The number of piperidine rings is 1. The average Bonchev–Trinajstić information content (AvgIpc) is 2.31. The molecule has 1 aliphatic heterocycles. The van der Waals surface area contributed by atoms with Crippen molar-refractivity contribution >= 4 is 5.91 Å². The van der Waals surface area contributed by atoms with Gasteiger partial charge in [-0.15, -0.1) is 0 Å². The normalized spacial score (nSPS) is 26.9. The van der Waals surface area contributed by atoms with Crippen LogP contribution in [0.4, 0.5) is 0 Å². The Morgan fingerprint density at radius 2 is 2.33 bits per heavy atom. The van der Waals surface area contributed by atoms with Crippen molar-refractivity contribution in [3.8, 4) is 0 Å². The Hall–Kier alpha value is -0.650. The molecule has 106 valence electrons. The molecule has 3 N–H and O–H groups in total. The predicted molar refractivity (Wildman–Crippen MR) is 72.3 cm³/mol. The number of rotatable bonds is 6. The lowest BCUT2D eigenvalue weighted by atomic mass is 9.92. The number of hydrogen-bond donors (Lipinski definition) is 2. The van der Waals surface area contributed by atoms with E-state index in [1.54, 1.807) is 7.11 Å². The van der Waals surface area contributed by atoms with Gasteiger partial charge >= 0.3 is 0 Å². The fourth-order valence-corrected chi connectivity index (χ4v) is 2.55. The minimum Gasteiger partial charge on any atom is -0.383 e. The summed E-state index contributed by atoms with van der Waals surface area (Å²) < 4.78 is 5.00. The van der Waals surface area contributed by atoms with E-state index < -0.39 is 0 Å². The minimum atomic E-state index is 0.0579. The summed E-state index contributed by atoms with van der Waals surface area (Å²) in [6, 6.07) is 0.403. The van der Waals surface area contributed by atoms with E-state index in [1.165, 1.54) is 0 Å². The third kappa shape index (κ3) is 4.92. The Morgan fingerprint density at radius 1 is 1.61 bits per heavy atom. The second kappa shape index (κ2) is 7.71. The molecule has 0 radical (unpaired) electrons.